The Morgan fingerprint density at radius 2 is 1.73 bits per heavy atom. The molecule has 1 N–H and O–H groups in total. The summed E-state index contributed by atoms with van der Waals surface area (Å²) in [5, 5.41) is 3.71. The first-order valence-electron chi connectivity index (χ1n) is 8.51. The van der Waals surface area contributed by atoms with E-state index in [1.807, 2.05) is 0 Å². The van der Waals surface area contributed by atoms with Crippen molar-refractivity contribution in [2.45, 2.75) is 51.0 Å². The molecule has 1 aromatic rings. The Kier molecular flexibility index (Phi) is 3.44. The topological polar surface area (TPSA) is 39.7 Å². The molecular weight excluding hydrogens is 278 g/mol. The van der Waals surface area contributed by atoms with Crippen molar-refractivity contribution in [1.82, 2.24) is 5.32 Å². The van der Waals surface area contributed by atoms with Crippen molar-refractivity contribution >= 4 is 0 Å². The van der Waals surface area contributed by atoms with E-state index in [0.29, 0.717) is 0 Å². The molecule has 4 rings (SSSR count). The van der Waals surface area contributed by atoms with E-state index < -0.39 is 0 Å². The number of rotatable bonds is 2. The van der Waals surface area contributed by atoms with Crippen molar-refractivity contribution in [1.29, 1.82) is 0 Å². The fourth-order valence-electron chi connectivity index (χ4n) is 4.31. The van der Waals surface area contributed by atoms with E-state index in [1.54, 1.807) is 7.11 Å². The van der Waals surface area contributed by atoms with E-state index in [1.165, 1.54) is 23.1 Å². The minimum absolute atomic E-state index is 0.00151. The molecular formula is C18H25NO3. The van der Waals surface area contributed by atoms with Crippen LogP contribution in [0.15, 0.2) is 0 Å². The minimum atomic E-state index is -0.00151. The van der Waals surface area contributed by atoms with Gasteiger partial charge in [0.2, 0.25) is 0 Å². The lowest BCUT2D eigenvalue weighted by Gasteiger charge is -2.36. The first kappa shape index (κ1) is 14.2. The summed E-state index contributed by atoms with van der Waals surface area (Å²) in [5.41, 5.74) is 3.86. The van der Waals surface area contributed by atoms with E-state index in [4.69, 9.17) is 14.2 Å². The second kappa shape index (κ2) is 5.34. The average molecular weight is 303 g/mol. The summed E-state index contributed by atoms with van der Waals surface area (Å²) in [6.07, 6.45) is 6.55. The zero-order valence-electron chi connectivity index (χ0n) is 13.6. The highest BCUT2D eigenvalue weighted by molar-refractivity contribution is 5.66. The molecule has 3 aliphatic rings. The fourth-order valence-corrected chi connectivity index (χ4v) is 4.31. The summed E-state index contributed by atoms with van der Waals surface area (Å²) >= 11 is 0. The predicted octanol–water partition coefficient (Wildman–Crippen LogP) is 2.94. The average Bonchev–Trinajstić information content (AvgIpc) is 2.99. The number of hydrogen-bond acceptors (Lipinski definition) is 4. The third-order valence-corrected chi connectivity index (χ3v) is 5.32. The third-order valence-electron chi connectivity index (χ3n) is 5.32. The molecule has 0 amide bonds. The zero-order valence-corrected chi connectivity index (χ0v) is 13.6. The van der Waals surface area contributed by atoms with Crippen molar-refractivity contribution in [2.75, 3.05) is 26.9 Å². The lowest BCUT2D eigenvalue weighted by molar-refractivity contribution is 0.242. The van der Waals surface area contributed by atoms with Crippen LogP contribution >= 0.6 is 0 Å². The smallest absolute Gasteiger partial charge is 0.167 e. The van der Waals surface area contributed by atoms with Crippen LogP contribution in [0.5, 0.6) is 17.2 Å². The molecule has 1 unspecified atom stereocenters. The Hall–Kier alpha value is -1.42. The van der Waals surface area contributed by atoms with E-state index >= 15 is 0 Å². The molecule has 1 atom stereocenters. The van der Waals surface area contributed by atoms with Gasteiger partial charge in [0.1, 0.15) is 5.75 Å². The van der Waals surface area contributed by atoms with Crippen molar-refractivity contribution in [3.05, 3.63) is 16.7 Å². The van der Waals surface area contributed by atoms with Gasteiger partial charge in [-0.25, -0.2) is 0 Å². The highest BCUT2D eigenvalue weighted by atomic mass is 16.5. The van der Waals surface area contributed by atoms with Crippen molar-refractivity contribution < 1.29 is 14.2 Å². The van der Waals surface area contributed by atoms with Crippen LogP contribution in [0, 0.1) is 0 Å². The van der Waals surface area contributed by atoms with E-state index in [2.05, 4.69) is 12.2 Å². The summed E-state index contributed by atoms with van der Waals surface area (Å²) in [6.45, 7) is 4.98. The summed E-state index contributed by atoms with van der Waals surface area (Å²) in [6, 6.07) is 0. The molecule has 0 aromatic heterocycles. The number of hydrogen-bond donors (Lipinski definition) is 1. The Morgan fingerprint density at radius 3 is 2.41 bits per heavy atom. The van der Waals surface area contributed by atoms with Gasteiger partial charge in [0.25, 0.3) is 0 Å². The lowest BCUT2D eigenvalue weighted by Crippen LogP contribution is -2.36. The van der Waals surface area contributed by atoms with Crippen LogP contribution in [0.2, 0.25) is 0 Å². The molecule has 120 valence electrons. The Labute approximate surface area is 132 Å². The largest absolute Gasteiger partial charge is 0.493 e. The summed E-state index contributed by atoms with van der Waals surface area (Å²) < 4.78 is 17.9. The van der Waals surface area contributed by atoms with Crippen LogP contribution in [0.1, 0.15) is 49.3 Å². The summed E-state index contributed by atoms with van der Waals surface area (Å²) in [5.74, 6) is 2.96. The highest BCUT2D eigenvalue weighted by Gasteiger charge is 2.40. The van der Waals surface area contributed by atoms with Gasteiger partial charge in [0.15, 0.2) is 11.5 Å². The van der Waals surface area contributed by atoms with Gasteiger partial charge in [-0.15, -0.1) is 0 Å². The zero-order chi connectivity index (χ0) is 15.2. The molecule has 0 radical (unpaired) electrons. The molecule has 4 heteroatoms. The first-order chi connectivity index (χ1) is 10.7. The molecule has 4 nitrogen and oxygen atoms in total. The summed E-state index contributed by atoms with van der Waals surface area (Å²) in [7, 11) is 1.75. The molecule has 0 aliphatic carbocycles. The standard InChI is InChI=1S/C18H25NO3/c1-18(8-5-9-19-18)14-12-6-3-11-22-17(12)16(20-2)13-7-4-10-21-15(13)14/h19H,3-11H2,1-2H3. The molecule has 1 aromatic carbocycles. The third kappa shape index (κ3) is 2.00. The van der Waals surface area contributed by atoms with Crippen molar-refractivity contribution in [3.8, 4) is 17.2 Å². The van der Waals surface area contributed by atoms with Crippen LogP contribution in [-0.4, -0.2) is 26.9 Å². The number of fused-ring (bicyclic) bond motifs is 2. The second-order valence-electron chi connectivity index (χ2n) is 6.79. The molecule has 3 aliphatic heterocycles. The quantitative estimate of drug-likeness (QED) is 0.912. The van der Waals surface area contributed by atoms with Gasteiger partial charge in [-0.1, -0.05) is 0 Å². The first-order valence-corrected chi connectivity index (χ1v) is 8.51. The molecule has 0 saturated carbocycles. The van der Waals surface area contributed by atoms with Gasteiger partial charge in [-0.05, 0) is 52.0 Å². The van der Waals surface area contributed by atoms with Crippen LogP contribution in [0.25, 0.3) is 0 Å². The highest BCUT2D eigenvalue weighted by Crippen LogP contribution is 2.52. The van der Waals surface area contributed by atoms with E-state index in [9.17, 15) is 0 Å². The van der Waals surface area contributed by atoms with E-state index in [-0.39, 0.29) is 5.54 Å². The minimum Gasteiger partial charge on any atom is -0.493 e. The molecule has 0 spiro atoms. The Bertz CT molecular complexity index is 553. The van der Waals surface area contributed by atoms with Crippen LogP contribution in [0.3, 0.4) is 0 Å². The van der Waals surface area contributed by atoms with Gasteiger partial charge in [0.05, 0.1) is 20.3 Å². The van der Waals surface area contributed by atoms with Crippen molar-refractivity contribution in [2.24, 2.45) is 0 Å². The van der Waals surface area contributed by atoms with Gasteiger partial charge in [-0.3, -0.25) is 0 Å². The maximum Gasteiger partial charge on any atom is 0.167 e. The van der Waals surface area contributed by atoms with Crippen molar-refractivity contribution in [3.63, 3.8) is 0 Å². The van der Waals surface area contributed by atoms with Crippen LogP contribution in [-0.2, 0) is 18.4 Å². The molecule has 22 heavy (non-hydrogen) atoms. The summed E-state index contributed by atoms with van der Waals surface area (Å²) in [4.78, 5) is 0. The maximum absolute atomic E-state index is 6.17. The molecule has 1 saturated heterocycles. The molecule has 1 fully saturated rings. The number of benzene rings is 1. The number of methoxy groups -OCH3 is 1. The predicted molar refractivity (Wildman–Crippen MR) is 85.2 cm³/mol. The maximum atomic E-state index is 6.17. The molecule has 0 bridgehead atoms. The number of ether oxygens (including phenoxy) is 3. The Morgan fingerprint density at radius 1 is 1.00 bits per heavy atom. The van der Waals surface area contributed by atoms with Crippen LogP contribution in [0.4, 0.5) is 0 Å². The number of nitrogens with one attached hydrogen (secondary N) is 1. The van der Waals surface area contributed by atoms with Gasteiger partial charge >= 0.3 is 0 Å². The van der Waals surface area contributed by atoms with Gasteiger partial charge < -0.3 is 19.5 Å². The van der Waals surface area contributed by atoms with Gasteiger partial charge in [0, 0.05) is 22.2 Å². The van der Waals surface area contributed by atoms with Gasteiger partial charge in [-0.2, -0.15) is 0 Å². The van der Waals surface area contributed by atoms with E-state index in [0.717, 1.165) is 69.1 Å². The normalized spacial score (nSPS) is 26.6. The molecule has 3 heterocycles. The monoisotopic (exact) mass is 303 g/mol. The van der Waals surface area contributed by atoms with Crippen LogP contribution < -0.4 is 19.5 Å². The second-order valence-corrected chi connectivity index (χ2v) is 6.79. The SMILES string of the molecule is COc1c2c(c(C3(C)CCCN3)c3c1OCCC3)OCCC2. The Balaban J connectivity index is 1.99. The lowest BCUT2D eigenvalue weighted by atomic mass is 9.81. The fraction of sp³-hybridized carbons (Fsp3) is 0.667.